The van der Waals surface area contributed by atoms with E-state index in [1.54, 1.807) is 24.3 Å². The molecule has 1 saturated carbocycles. The number of hydrogen-bond acceptors (Lipinski definition) is 6. The van der Waals surface area contributed by atoms with E-state index in [2.05, 4.69) is 10.6 Å². The summed E-state index contributed by atoms with van der Waals surface area (Å²) < 4.78 is 10.3. The van der Waals surface area contributed by atoms with Crippen LogP contribution < -0.4 is 15.4 Å². The third-order valence-corrected chi connectivity index (χ3v) is 5.51. The topological polar surface area (TPSA) is 114 Å². The summed E-state index contributed by atoms with van der Waals surface area (Å²) in [5.74, 6) is -0.758. The Hall–Kier alpha value is -3.10. The van der Waals surface area contributed by atoms with E-state index in [0.717, 1.165) is 12.8 Å². The third-order valence-electron chi connectivity index (χ3n) is 5.51. The van der Waals surface area contributed by atoms with Gasteiger partial charge in [-0.3, -0.25) is 19.3 Å². The SMILES string of the molecule is COc1ccccc1NC(=O)[C@H](C)OC(=O)CCCN1C(=O)NC2(CCCC2)C1=O. The number of methoxy groups -OCH3 is 1. The number of anilines is 1. The Morgan fingerprint density at radius 2 is 1.93 bits per heavy atom. The minimum Gasteiger partial charge on any atom is -0.495 e. The van der Waals surface area contributed by atoms with E-state index in [4.69, 9.17) is 9.47 Å². The number of amides is 4. The summed E-state index contributed by atoms with van der Waals surface area (Å²) in [6.07, 6.45) is 2.43. The molecule has 4 amide bonds. The van der Waals surface area contributed by atoms with Crippen LogP contribution in [0.15, 0.2) is 24.3 Å². The molecule has 162 valence electrons. The molecule has 3 rings (SSSR count). The largest absolute Gasteiger partial charge is 0.495 e. The van der Waals surface area contributed by atoms with E-state index in [9.17, 15) is 19.2 Å². The van der Waals surface area contributed by atoms with E-state index in [1.807, 2.05) is 0 Å². The van der Waals surface area contributed by atoms with Gasteiger partial charge in [0.15, 0.2) is 6.10 Å². The second-order valence-corrected chi connectivity index (χ2v) is 7.60. The van der Waals surface area contributed by atoms with Gasteiger partial charge in [0.2, 0.25) is 0 Å². The van der Waals surface area contributed by atoms with Gasteiger partial charge in [0.05, 0.1) is 12.8 Å². The molecule has 9 nitrogen and oxygen atoms in total. The van der Waals surface area contributed by atoms with Gasteiger partial charge in [-0.2, -0.15) is 0 Å². The second-order valence-electron chi connectivity index (χ2n) is 7.60. The standard InChI is InChI=1S/C21H27N3O6/c1-14(18(26)22-15-8-3-4-9-16(15)29-2)30-17(25)10-7-13-24-19(27)21(23-20(24)28)11-5-6-12-21/h3-4,8-9,14H,5-7,10-13H2,1-2H3,(H,22,26)(H,23,28)/t14-/m0/s1. The molecule has 1 aromatic carbocycles. The van der Waals surface area contributed by atoms with E-state index in [1.165, 1.54) is 18.9 Å². The van der Waals surface area contributed by atoms with Crippen LogP contribution in [0, 0.1) is 0 Å². The zero-order valence-corrected chi connectivity index (χ0v) is 17.2. The summed E-state index contributed by atoms with van der Waals surface area (Å²) in [5.41, 5.74) is -0.268. The lowest BCUT2D eigenvalue weighted by molar-refractivity contribution is -0.153. The number of nitrogens with zero attached hydrogens (tertiary/aromatic N) is 1. The van der Waals surface area contributed by atoms with Crippen molar-refractivity contribution in [2.75, 3.05) is 19.0 Å². The third kappa shape index (κ3) is 4.55. The average Bonchev–Trinajstić information content (AvgIpc) is 3.28. The summed E-state index contributed by atoms with van der Waals surface area (Å²) >= 11 is 0. The normalized spacial score (nSPS) is 18.3. The highest BCUT2D eigenvalue weighted by Crippen LogP contribution is 2.35. The molecule has 1 heterocycles. The van der Waals surface area contributed by atoms with Crippen molar-refractivity contribution >= 4 is 29.5 Å². The number of para-hydroxylation sites is 2. The molecule has 1 aromatic rings. The fourth-order valence-corrected chi connectivity index (χ4v) is 3.87. The van der Waals surface area contributed by atoms with E-state index in [-0.39, 0.29) is 25.3 Å². The predicted octanol–water partition coefficient (Wildman–Crippen LogP) is 2.21. The van der Waals surface area contributed by atoms with Crippen LogP contribution in [-0.2, 0) is 19.1 Å². The first-order chi connectivity index (χ1) is 14.4. The summed E-state index contributed by atoms with van der Waals surface area (Å²) in [6, 6.07) is 6.51. The van der Waals surface area contributed by atoms with Crippen molar-refractivity contribution in [2.24, 2.45) is 0 Å². The minimum absolute atomic E-state index is 0.00363. The Morgan fingerprint density at radius 3 is 2.63 bits per heavy atom. The van der Waals surface area contributed by atoms with Crippen LogP contribution in [0.25, 0.3) is 0 Å². The zero-order chi connectivity index (χ0) is 21.7. The highest BCUT2D eigenvalue weighted by atomic mass is 16.5. The molecule has 1 spiro atoms. The van der Waals surface area contributed by atoms with E-state index in [0.29, 0.717) is 24.3 Å². The monoisotopic (exact) mass is 417 g/mol. The number of benzene rings is 1. The lowest BCUT2D eigenvalue weighted by atomic mass is 9.98. The van der Waals surface area contributed by atoms with Gasteiger partial charge in [0.1, 0.15) is 11.3 Å². The molecule has 0 bridgehead atoms. The van der Waals surface area contributed by atoms with E-state index >= 15 is 0 Å². The zero-order valence-electron chi connectivity index (χ0n) is 17.2. The smallest absolute Gasteiger partial charge is 0.325 e. The van der Waals surface area contributed by atoms with Gasteiger partial charge < -0.3 is 20.1 Å². The van der Waals surface area contributed by atoms with Crippen LogP contribution in [0.2, 0.25) is 0 Å². The van der Waals surface area contributed by atoms with Crippen LogP contribution in [0.4, 0.5) is 10.5 Å². The van der Waals surface area contributed by atoms with Gasteiger partial charge in [-0.05, 0) is 38.3 Å². The van der Waals surface area contributed by atoms with Gasteiger partial charge in [-0.25, -0.2) is 4.79 Å². The fraction of sp³-hybridized carbons (Fsp3) is 0.524. The van der Waals surface area contributed by atoms with Crippen molar-refractivity contribution in [3.05, 3.63) is 24.3 Å². The molecule has 1 aliphatic heterocycles. The number of urea groups is 1. The van der Waals surface area contributed by atoms with Gasteiger partial charge in [0.25, 0.3) is 11.8 Å². The summed E-state index contributed by atoms with van der Waals surface area (Å²) in [5, 5.41) is 5.46. The number of rotatable bonds is 8. The average molecular weight is 417 g/mol. The van der Waals surface area contributed by atoms with Crippen molar-refractivity contribution in [3.8, 4) is 5.75 Å². The first kappa shape index (κ1) is 21.6. The fourth-order valence-electron chi connectivity index (χ4n) is 3.87. The van der Waals surface area contributed by atoms with Crippen LogP contribution in [0.5, 0.6) is 5.75 Å². The highest BCUT2D eigenvalue weighted by molar-refractivity contribution is 6.07. The van der Waals surface area contributed by atoms with Gasteiger partial charge >= 0.3 is 12.0 Å². The van der Waals surface area contributed by atoms with Crippen molar-refractivity contribution < 1.29 is 28.7 Å². The quantitative estimate of drug-likeness (QED) is 0.495. The second kappa shape index (κ2) is 9.15. The molecule has 30 heavy (non-hydrogen) atoms. The maximum absolute atomic E-state index is 12.6. The lowest BCUT2D eigenvalue weighted by Crippen LogP contribution is -2.44. The van der Waals surface area contributed by atoms with Crippen LogP contribution in [-0.4, -0.2) is 54.0 Å². The number of hydrogen-bond donors (Lipinski definition) is 2. The van der Waals surface area contributed by atoms with Crippen molar-refractivity contribution in [3.63, 3.8) is 0 Å². The Bertz CT molecular complexity index is 834. The van der Waals surface area contributed by atoms with Crippen LogP contribution >= 0.6 is 0 Å². The lowest BCUT2D eigenvalue weighted by Gasteiger charge is -2.20. The van der Waals surface area contributed by atoms with Crippen molar-refractivity contribution in [1.82, 2.24) is 10.2 Å². The molecular formula is C21H27N3O6. The number of ether oxygens (including phenoxy) is 2. The van der Waals surface area contributed by atoms with Crippen molar-refractivity contribution in [1.29, 1.82) is 0 Å². The predicted molar refractivity (Wildman–Crippen MR) is 108 cm³/mol. The highest BCUT2D eigenvalue weighted by Gasteiger charge is 2.52. The number of esters is 1. The minimum atomic E-state index is -0.999. The first-order valence-corrected chi connectivity index (χ1v) is 10.1. The molecule has 1 aliphatic carbocycles. The molecule has 9 heteroatoms. The Balaban J connectivity index is 1.43. The molecule has 1 saturated heterocycles. The van der Waals surface area contributed by atoms with Gasteiger partial charge in [-0.15, -0.1) is 0 Å². The molecule has 0 aromatic heterocycles. The van der Waals surface area contributed by atoms with Crippen LogP contribution in [0.1, 0.15) is 45.4 Å². The molecule has 2 aliphatic rings. The maximum atomic E-state index is 12.6. The van der Waals surface area contributed by atoms with Crippen LogP contribution in [0.3, 0.4) is 0 Å². The van der Waals surface area contributed by atoms with Crippen molar-refractivity contribution in [2.45, 2.75) is 57.1 Å². The number of nitrogens with one attached hydrogen (secondary N) is 2. The molecule has 0 radical (unpaired) electrons. The Morgan fingerprint density at radius 1 is 1.23 bits per heavy atom. The summed E-state index contributed by atoms with van der Waals surface area (Å²) in [6.45, 7) is 1.62. The maximum Gasteiger partial charge on any atom is 0.325 e. The summed E-state index contributed by atoms with van der Waals surface area (Å²) in [4.78, 5) is 50.2. The Kier molecular flexibility index (Phi) is 6.59. The number of carbonyl (C=O) groups is 4. The number of imide groups is 1. The molecular weight excluding hydrogens is 390 g/mol. The molecule has 0 unspecified atom stereocenters. The van der Waals surface area contributed by atoms with E-state index < -0.39 is 29.6 Å². The summed E-state index contributed by atoms with van der Waals surface area (Å²) in [7, 11) is 1.49. The van der Waals surface area contributed by atoms with Gasteiger partial charge in [0, 0.05) is 13.0 Å². The molecule has 2 N–H and O–H groups in total. The first-order valence-electron chi connectivity index (χ1n) is 10.1. The molecule has 2 fully saturated rings. The Labute approximate surface area is 175 Å². The number of carbonyl (C=O) groups excluding carboxylic acids is 4. The van der Waals surface area contributed by atoms with Gasteiger partial charge in [-0.1, -0.05) is 25.0 Å². The molecule has 1 atom stereocenters.